The molecule has 0 aliphatic rings. The quantitative estimate of drug-likeness (QED) is 0.658. The largest absolute Gasteiger partial charge is 0.493 e. The summed E-state index contributed by atoms with van der Waals surface area (Å²) in [6, 6.07) is 16.2. The summed E-state index contributed by atoms with van der Waals surface area (Å²) in [6.07, 6.45) is 0. The predicted molar refractivity (Wildman–Crippen MR) is 97.9 cm³/mol. The molecule has 0 aliphatic carbocycles. The molecule has 4 nitrogen and oxygen atoms in total. The number of hydrogen-bond acceptors (Lipinski definition) is 4. The van der Waals surface area contributed by atoms with E-state index in [1.807, 2.05) is 36.4 Å². The molecule has 0 saturated carbocycles. The second kappa shape index (κ2) is 9.83. The zero-order valence-corrected chi connectivity index (χ0v) is 14.7. The van der Waals surface area contributed by atoms with Crippen molar-refractivity contribution in [1.82, 2.24) is 0 Å². The molecule has 0 fully saturated rings. The molecule has 0 amide bonds. The summed E-state index contributed by atoms with van der Waals surface area (Å²) < 4.78 is 16.3. The van der Waals surface area contributed by atoms with E-state index < -0.39 is 0 Å². The van der Waals surface area contributed by atoms with Crippen LogP contribution in [0.25, 0.3) is 0 Å². The molecule has 0 heterocycles. The van der Waals surface area contributed by atoms with Gasteiger partial charge in [-0.15, -0.1) is 0 Å². The SMILES string of the molecule is COCCOc1ccc(CNc2cccc(OCC(C)C)c2)cc1. The summed E-state index contributed by atoms with van der Waals surface area (Å²) in [4.78, 5) is 0. The lowest BCUT2D eigenvalue weighted by molar-refractivity contribution is 0.146. The van der Waals surface area contributed by atoms with Crippen LogP contribution in [0.4, 0.5) is 5.69 Å². The van der Waals surface area contributed by atoms with Gasteiger partial charge in [0, 0.05) is 25.4 Å². The molecular weight excluding hydrogens is 302 g/mol. The van der Waals surface area contributed by atoms with Gasteiger partial charge < -0.3 is 19.5 Å². The van der Waals surface area contributed by atoms with E-state index in [4.69, 9.17) is 14.2 Å². The Balaban J connectivity index is 1.83. The van der Waals surface area contributed by atoms with Gasteiger partial charge in [-0.25, -0.2) is 0 Å². The summed E-state index contributed by atoms with van der Waals surface area (Å²) in [7, 11) is 1.67. The summed E-state index contributed by atoms with van der Waals surface area (Å²) >= 11 is 0. The zero-order chi connectivity index (χ0) is 17.2. The van der Waals surface area contributed by atoms with E-state index in [1.54, 1.807) is 7.11 Å². The van der Waals surface area contributed by atoms with Crippen molar-refractivity contribution in [2.24, 2.45) is 5.92 Å². The first-order valence-electron chi connectivity index (χ1n) is 8.35. The molecule has 2 aromatic carbocycles. The number of hydrogen-bond donors (Lipinski definition) is 1. The van der Waals surface area contributed by atoms with E-state index >= 15 is 0 Å². The van der Waals surface area contributed by atoms with Crippen LogP contribution in [0.2, 0.25) is 0 Å². The molecule has 0 saturated heterocycles. The van der Waals surface area contributed by atoms with Crippen molar-refractivity contribution in [1.29, 1.82) is 0 Å². The molecule has 0 atom stereocenters. The van der Waals surface area contributed by atoms with E-state index in [0.717, 1.165) is 30.3 Å². The topological polar surface area (TPSA) is 39.7 Å². The molecule has 1 N–H and O–H groups in total. The van der Waals surface area contributed by atoms with Crippen LogP contribution in [-0.4, -0.2) is 26.9 Å². The second-order valence-electron chi connectivity index (χ2n) is 6.07. The zero-order valence-electron chi connectivity index (χ0n) is 14.7. The van der Waals surface area contributed by atoms with Crippen LogP contribution < -0.4 is 14.8 Å². The minimum absolute atomic E-state index is 0.520. The average Bonchev–Trinajstić information content (AvgIpc) is 2.60. The Morgan fingerprint density at radius 1 is 0.917 bits per heavy atom. The van der Waals surface area contributed by atoms with Crippen LogP contribution in [0.3, 0.4) is 0 Å². The fourth-order valence-electron chi connectivity index (χ4n) is 2.11. The lowest BCUT2D eigenvalue weighted by atomic mass is 10.2. The van der Waals surface area contributed by atoms with Gasteiger partial charge in [0.1, 0.15) is 18.1 Å². The van der Waals surface area contributed by atoms with Crippen LogP contribution in [0.15, 0.2) is 48.5 Å². The third-order valence-electron chi connectivity index (χ3n) is 3.39. The van der Waals surface area contributed by atoms with Gasteiger partial charge in [0.15, 0.2) is 0 Å². The molecule has 4 heteroatoms. The highest BCUT2D eigenvalue weighted by molar-refractivity contribution is 5.48. The molecule has 2 rings (SSSR count). The van der Waals surface area contributed by atoms with Gasteiger partial charge in [-0.2, -0.15) is 0 Å². The Hall–Kier alpha value is -2.20. The van der Waals surface area contributed by atoms with Gasteiger partial charge in [0.2, 0.25) is 0 Å². The maximum Gasteiger partial charge on any atom is 0.121 e. The number of rotatable bonds is 10. The van der Waals surface area contributed by atoms with Crippen molar-refractivity contribution >= 4 is 5.69 Å². The van der Waals surface area contributed by atoms with E-state index in [-0.39, 0.29) is 0 Å². The number of methoxy groups -OCH3 is 1. The second-order valence-corrected chi connectivity index (χ2v) is 6.07. The highest BCUT2D eigenvalue weighted by atomic mass is 16.5. The Morgan fingerprint density at radius 3 is 2.42 bits per heavy atom. The van der Waals surface area contributed by atoms with E-state index in [9.17, 15) is 0 Å². The highest BCUT2D eigenvalue weighted by Gasteiger charge is 2.00. The first kappa shape index (κ1) is 18.1. The molecule has 2 aromatic rings. The first-order valence-corrected chi connectivity index (χ1v) is 8.35. The normalized spacial score (nSPS) is 10.7. The number of anilines is 1. The molecule has 0 unspecified atom stereocenters. The lowest BCUT2D eigenvalue weighted by Crippen LogP contribution is -2.05. The van der Waals surface area contributed by atoms with Crippen LogP contribution in [-0.2, 0) is 11.3 Å². The lowest BCUT2D eigenvalue weighted by Gasteiger charge is -2.12. The molecule has 0 aliphatic heterocycles. The maximum atomic E-state index is 5.76. The van der Waals surface area contributed by atoms with Crippen LogP contribution in [0, 0.1) is 5.92 Å². The van der Waals surface area contributed by atoms with Gasteiger partial charge in [-0.05, 0) is 35.7 Å². The van der Waals surface area contributed by atoms with Gasteiger partial charge in [-0.3, -0.25) is 0 Å². The van der Waals surface area contributed by atoms with Gasteiger partial charge in [0.25, 0.3) is 0 Å². The van der Waals surface area contributed by atoms with Crippen molar-refractivity contribution < 1.29 is 14.2 Å². The van der Waals surface area contributed by atoms with Crippen molar-refractivity contribution in [2.75, 3.05) is 32.2 Å². The molecular formula is C20H27NO3. The third-order valence-corrected chi connectivity index (χ3v) is 3.39. The van der Waals surface area contributed by atoms with Crippen molar-refractivity contribution in [2.45, 2.75) is 20.4 Å². The van der Waals surface area contributed by atoms with Crippen molar-refractivity contribution in [3.8, 4) is 11.5 Å². The fraction of sp³-hybridized carbons (Fsp3) is 0.400. The van der Waals surface area contributed by atoms with E-state index in [1.165, 1.54) is 5.56 Å². The molecule has 24 heavy (non-hydrogen) atoms. The van der Waals surface area contributed by atoms with Crippen molar-refractivity contribution in [3.05, 3.63) is 54.1 Å². The molecule has 0 bridgehead atoms. The minimum Gasteiger partial charge on any atom is -0.493 e. The summed E-state index contributed by atoms with van der Waals surface area (Å²) in [5, 5.41) is 3.42. The molecule has 0 radical (unpaired) electrons. The molecule has 130 valence electrons. The summed E-state index contributed by atoms with van der Waals surface area (Å²) in [5.41, 5.74) is 2.25. The Kier molecular flexibility index (Phi) is 7.43. The average molecular weight is 329 g/mol. The van der Waals surface area contributed by atoms with Crippen LogP contribution in [0.5, 0.6) is 11.5 Å². The van der Waals surface area contributed by atoms with Gasteiger partial charge in [-0.1, -0.05) is 32.0 Å². The number of benzene rings is 2. The van der Waals surface area contributed by atoms with E-state index in [2.05, 4.69) is 31.3 Å². The van der Waals surface area contributed by atoms with Crippen LogP contribution >= 0.6 is 0 Å². The molecule has 0 spiro atoms. The number of nitrogens with one attached hydrogen (secondary N) is 1. The van der Waals surface area contributed by atoms with Gasteiger partial charge >= 0.3 is 0 Å². The minimum atomic E-state index is 0.520. The van der Waals surface area contributed by atoms with Gasteiger partial charge in [0.05, 0.1) is 13.2 Å². The smallest absolute Gasteiger partial charge is 0.121 e. The first-order chi connectivity index (χ1) is 11.7. The fourth-order valence-corrected chi connectivity index (χ4v) is 2.11. The Bertz CT molecular complexity index is 596. The van der Waals surface area contributed by atoms with Crippen molar-refractivity contribution in [3.63, 3.8) is 0 Å². The maximum absolute atomic E-state index is 5.76. The Morgan fingerprint density at radius 2 is 1.71 bits per heavy atom. The van der Waals surface area contributed by atoms with E-state index in [0.29, 0.717) is 19.1 Å². The Labute approximate surface area is 144 Å². The predicted octanol–water partition coefficient (Wildman–Crippen LogP) is 4.36. The highest BCUT2D eigenvalue weighted by Crippen LogP contribution is 2.19. The summed E-state index contributed by atoms with van der Waals surface area (Å²) in [6.45, 7) is 6.94. The van der Waals surface area contributed by atoms with Crippen LogP contribution in [0.1, 0.15) is 19.4 Å². The molecule has 0 aromatic heterocycles. The third kappa shape index (κ3) is 6.50. The summed E-state index contributed by atoms with van der Waals surface area (Å²) in [5.74, 6) is 2.28. The monoisotopic (exact) mass is 329 g/mol. The standard InChI is InChI=1S/C20H27NO3/c1-16(2)15-24-20-6-4-5-18(13-20)21-14-17-7-9-19(10-8-17)23-12-11-22-3/h4-10,13,16,21H,11-12,14-15H2,1-3H3. The number of ether oxygens (including phenoxy) is 3.